The van der Waals surface area contributed by atoms with Gasteiger partial charge in [-0.25, -0.2) is 4.39 Å². The van der Waals surface area contributed by atoms with E-state index in [9.17, 15) is 9.18 Å². The van der Waals surface area contributed by atoms with Crippen molar-refractivity contribution in [2.75, 3.05) is 5.32 Å². The Bertz CT molecular complexity index is 544. The van der Waals surface area contributed by atoms with Gasteiger partial charge in [-0.15, -0.1) is 0 Å². The molecule has 0 aliphatic heterocycles. The summed E-state index contributed by atoms with van der Waals surface area (Å²) in [6.45, 7) is 0. The Morgan fingerprint density at radius 3 is 2.55 bits per heavy atom. The molecule has 3 nitrogen and oxygen atoms in total. The lowest BCUT2D eigenvalue weighted by Gasteiger charge is -2.34. The van der Waals surface area contributed by atoms with E-state index >= 15 is 0 Å². The van der Waals surface area contributed by atoms with Crippen molar-refractivity contribution in [3.8, 4) is 0 Å². The van der Waals surface area contributed by atoms with Crippen LogP contribution in [0, 0.1) is 11.2 Å². The van der Waals surface area contributed by atoms with Gasteiger partial charge in [-0.05, 0) is 47.0 Å². The Morgan fingerprint density at radius 2 is 2.00 bits per heavy atom. The van der Waals surface area contributed by atoms with Crippen LogP contribution in [0.25, 0.3) is 0 Å². The fourth-order valence-corrected chi connectivity index (χ4v) is 3.11. The minimum atomic E-state index is -0.795. The zero-order valence-corrected chi connectivity index (χ0v) is 13.3. The maximum absolute atomic E-state index is 13.5. The Labute approximate surface area is 131 Å². The van der Waals surface area contributed by atoms with Crippen LogP contribution in [0.4, 0.5) is 10.1 Å². The molecule has 1 amide bonds. The SMILES string of the molecule is NC(=S)C1(C(=O)Nc2ccc(Br)c(F)c2)CCCCC1. The fourth-order valence-electron chi connectivity index (χ4n) is 2.57. The van der Waals surface area contributed by atoms with Crippen LogP contribution in [0.3, 0.4) is 0 Å². The molecule has 2 rings (SSSR count). The third-order valence-corrected chi connectivity index (χ3v) is 4.82. The lowest BCUT2D eigenvalue weighted by atomic mass is 9.73. The van der Waals surface area contributed by atoms with Crippen molar-refractivity contribution in [2.45, 2.75) is 32.1 Å². The quantitative estimate of drug-likeness (QED) is 0.808. The van der Waals surface area contributed by atoms with E-state index in [2.05, 4.69) is 21.2 Å². The topological polar surface area (TPSA) is 55.1 Å². The summed E-state index contributed by atoms with van der Waals surface area (Å²) < 4.78 is 13.8. The molecule has 0 saturated heterocycles. The molecular weight excluding hydrogens is 343 g/mol. The van der Waals surface area contributed by atoms with Gasteiger partial charge in [0.05, 0.1) is 14.9 Å². The molecule has 1 aromatic rings. The summed E-state index contributed by atoms with van der Waals surface area (Å²) in [6.07, 6.45) is 4.27. The number of carbonyl (C=O) groups is 1. The summed E-state index contributed by atoms with van der Waals surface area (Å²) in [5.74, 6) is -0.651. The predicted molar refractivity (Wildman–Crippen MR) is 85.0 cm³/mol. The maximum Gasteiger partial charge on any atom is 0.237 e. The van der Waals surface area contributed by atoms with E-state index in [4.69, 9.17) is 18.0 Å². The summed E-state index contributed by atoms with van der Waals surface area (Å²) >= 11 is 8.18. The molecule has 0 radical (unpaired) electrons. The van der Waals surface area contributed by atoms with E-state index in [0.29, 0.717) is 23.0 Å². The number of nitrogens with one attached hydrogen (secondary N) is 1. The highest BCUT2D eigenvalue weighted by Crippen LogP contribution is 2.38. The maximum atomic E-state index is 13.5. The van der Waals surface area contributed by atoms with Crippen molar-refractivity contribution >= 4 is 44.7 Å². The average molecular weight is 359 g/mol. The number of thiocarbonyl (C=S) groups is 1. The van der Waals surface area contributed by atoms with Crippen molar-refractivity contribution in [2.24, 2.45) is 11.1 Å². The van der Waals surface area contributed by atoms with Crippen molar-refractivity contribution in [3.05, 3.63) is 28.5 Å². The first-order chi connectivity index (χ1) is 9.45. The van der Waals surface area contributed by atoms with Crippen LogP contribution in [0.5, 0.6) is 0 Å². The second kappa shape index (κ2) is 6.18. The van der Waals surface area contributed by atoms with Gasteiger partial charge in [0.1, 0.15) is 5.82 Å². The Morgan fingerprint density at radius 1 is 1.35 bits per heavy atom. The largest absolute Gasteiger partial charge is 0.392 e. The summed E-state index contributed by atoms with van der Waals surface area (Å²) in [5.41, 5.74) is 5.42. The van der Waals surface area contributed by atoms with Gasteiger partial charge in [0.15, 0.2) is 0 Å². The highest BCUT2D eigenvalue weighted by molar-refractivity contribution is 9.10. The third kappa shape index (κ3) is 3.01. The molecule has 1 saturated carbocycles. The van der Waals surface area contributed by atoms with E-state index < -0.39 is 11.2 Å². The molecule has 1 fully saturated rings. The van der Waals surface area contributed by atoms with Crippen LogP contribution in [0.2, 0.25) is 0 Å². The monoisotopic (exact) mass is 358 g/mol. The van der Waals surface area contributed by atoms with Gasteiger partial charge in [0, 0.05) is 5.69 Å². The molecule has 0 unspecified atom stereocenters. The normalized spacial score (nSPS) is 17.5. The molecular formula is C14H16BrFN2OS. The molecule has 0 heterocycles. The number of nitrogens with two attached hydrogens (primary N) is 1. The van der Waals surface area contributed by atoms with Crippen LogP contribution in [-0.4, -0.2) is 10.9 Å². The van der Waals surface area contributed by atoms with Gasteiger partial charge in [0.25, 0.3) is 0 Å². The van der Waals surface area contributed by atoms with Crippen LogP contribution in [0.15, 0.2) is 22.7 Å². The van der Waals surface area contributed by atoms with Crippen molar-refractivity contribution in [1.82, 2.24) is 0 Å². The molecule has 1 aromatic carbocycles. The number of amides is 1. The first-order valence-corrected chi connectivity index (χ1v) is 7.72. The molecule has 1 aliphatic rings. The van der Waals surface area contributed by atoms with E-state index in [1.807, 2.05) is 0 Å². The van der Waals surface area contributed by atoms with Gasteiger partial charge < -0.3 is 11.1 Å². The smallest absolute Gasteiger partial charge is 0.237 e. The fraction of sp³-hybridized carbons (Fsp3) is 0.429. The summed E-state index contributed by atoms with van der Waals surface area (Å²) in [6, 6.07) is 4.47. The number of carbonyl (C=O) groups excluding carboxylic acids is 1. The van der Waals surface area contributed by atoms with Crippen LogP contribution in [-0.2, 0) is 4.79 Å². The number of rotatable bonds is 3. The van der Waals surface area contributed by atoms with Crippen molar-refractivity contribution in [1.29, 1.82) is 0 Å². The lowest BCUT2D eigenvalue weighted by molar-refractivity contribution is -0.123. The molecule has 6 heteroatoms. The lowest BCUT2D eigenvalue weighted by Crippen LogP contribution is -2.47. The molecule has 108 valence electrons. The van der Waals surface area contributed by atoms with E-state index in [-0.39, 0.29) is 10.9 Å². The minimum absolute atomic E-state index is 0.229. The minimum Gasteiger partial charge on any atom is -0.392 e. The van der Waals surface area contributed by atoms with Gasteiger partial charge >= 0.3 is 0 Å². The van der Waals surface area contributed by atoms with Gasteiger partial charge in [-0.2, -0.15) is 0 Å². The van der Waals surface area contributed by atoms with Crippen molar-refractivity contribution < 1.29 is 9.18 Å². The molecule has 3 N–H and O–H groups in total. The second-order valence-corrected chi connectivity index (χ2v) is 6.38. The Kier molecular flexibility index (Phi) is 4.75. The molecule has 20 heavy (non-hydrogen) atoms. The van der Waals surface area contributed by atoms with E-state index in [1.165, 1.54) is 6.07 Å². The molecule has 0 spiro atoms. The molecule has 0 aromatic heterocycles. The molecule has 0 atom stereocenters. The number of hydrogen-bond acceptors (Lipinski definition) is 2. The molecule has 0 bridgehead atoms. The summed E-state index contributed by atoms with van der Waals surface area (Å²) in [5, 5.41) is 2.73. The standard InChI is InChI=1S/C14H16BrFN2OS/c15-10-5-4-9(8-11(10)16)18-13(19)14(12(17)20)6-2-1-3-7-14/h4-5,8H,1-3,6-7H2,(H2,17,20)(H,18,19). The van der Waals surface area contributed by atoms with E-state index in [1.54, 1.807) is 12.1 Å². The second-order valence-electron chi connectivity index (χ2n) is 5.09. The van der Waals surface area contributed by atoms with Gasteiger partial charge in [-0.3, -0.25) is 4.79 Å². The van der Waals surface area contributed by atoms with Gasteiger partial charge in [0.2, 0.25) is 5.91 Å². The zero-order chi connectivity index (χ0) is 14.8. The number of anilines is 1. The number of hydrogen-bond donors (Lipinski definition) is 2. The first kappa shape index (κ1) is 15.4. The zero-order valence-electron chi connectivity index (χ0n) is 10.9. The number of benzene rings is 1. The van der Waals surface area contributed by atoms with Crippen LogP contribution in [0.1, 0.15) is 32.1 Å². The number of halogens is 2. The van der Waals surface area contributed by atoms with E-state index in [0.717, 1.165) is 19.3 Å². The highest BCUT2D eigenvalue weighted by atomic mass is 79.9. The van der Waals surface area contributed by atoms with Crippen LogP contribution < -0.4 is 11.1 Å². The third-order valence-electron chi connectivity index (χ3n) is 3.79. The van der Waals surface area contributed by atoms with Crippen molar-refractivity contribution in [3.63, 3.8) is 0 Å². The Hall–Kier alpha value is -1.01. The average Bonchev–Trinajstić information content (AvgIpc) is 2.43. The van der Waals surface area contributed by atoms with Gasteiger partial charge in [-0.1, -0.05) is 31.5 Å². The first-order valence-electron chi connectivity index (χ1n) is 6.52. The predicted octanol–water partition coefficient (Wildman–Crippen LogP) is 3.76. The Balaban J connectivity index is 2.20. The highest BCUT2D eigenvalue weighted by Gasteiger charge is 2.42. The summed E-state index contributed by atoms with van der Waals surface area (Å²) in [4.78, 5) is 12.7. The van der Waals surface area contributed by atoms with Crippen LogP contribution >= 0.6 is 28.1 Å². The summed E-state index contributed by atoms with van der Waals surface area (Å²) in [7, 11) is 0. The molecule has 1 aliphatic carbocycles.